The summed E-state index contributed by atoms with van der Waals surface area (Å²) in [6, 6.07) is 0. The monoisotopic (exact) mass is 249 g/mol. The molecule has 1 aliphatic carbocycles. The van der Waals surface area contributed by atoms with Crippen molar-refractivity contribution < 1.29 is 4.79 Å². The number of carbonyl (C=O) groups excluding carboxylic acids is 1. The summed E-state index contributed by atoms with van der Waals surface area (Å²) in [4.78, 5) is 17.0. The average molecular weight is 249 g/mol. The second-order valence-electron chi connectivity index (χ2n) is 4.78. The third-order valence-electron chi connectivity index (χ3n) is 3.32. The van der Waals surface area contributed by atoms with E-state index in [1.165, 1.54) is 6.42 Å². The maximum Gasteiger partial charge on any atom is 0.226 e. The molecule has 0 saturated heterocycles. The fourth-order valence-electron chi connectivity index (χ4n) is 2.02. The van der Waals surface area contributed by atoms with Crippen molar-refractivity contribution in [3.63, 3.8) is 0 Å². The third-order valence-corrected chi connectivity index (χ3v) is 4.09. The Hall–Kier alpha value is -1.36. The lowest BCUT2D eigenvalue weighted by molar-refractivity contribution is -0.120. The van der Waals surface area contributed by atoms with Crippen LogP contribution in [0.5, 0.6) is 0 Å². The second kappa shape index (κ2) is 4.14. The van der Waals surface area contributed by atoms with Crippen molar-refractivity contribution in [3.05, 3.63) is 23.5 Å². The lowest BCUT2D eigenvalue weighted by Gasteiger charge is -2.02. The largest absolute Gasteiger partial charge is 0.355 e. The molecule has 1 saturated carbocycles. The number of imidazole rings is 1. The van der Waals surface area contributed by atoms with Crippen LogP contribution in [0.4, 0.5) is 0 Å². The van der Waals surface area contributed by atoms with Gasteiger partial charge in [0.05, 0.1) is 12.1 Å². The van der Waals surface area contributed by atoms with Gasteiger partial charge in [0.1, 0.15) is 0 Å². The molecule has 0 unspecified atom stereocenters. The summed E-state index contributed by atoms with van der Waals surface area (Å²) in [6.45, 7) is 3.04. The summed E-state index contributed by atoms with van der Waals surface area (Å²) in [5.74, 6) is 1.56. The summed E-state index contributed by atoms with van der Waals surface area (Å²) >= 11 is 1.58. The predicted octanol–water partition coefficient (Wildman–Crippen LogP) is 1.71. The molecule has 1 N–H and O–H groups in total. The molecule has 0 bridgehead atoms. The fraction of sp³-hybridized carbons (Fsp3) is 0.500. The van der Waals surface area contributed by atoms with Crippen LogP contribution in [0.15, 0.2) is 17.8 Å². The van der Waals surface area contributed by atoms with E-state index in [-0.39, 0.29) is 5.91 Å². The Kier molecular flexibility index (Phi) is 2.63. The molecule has 0 aromatic carbocycles. The van der Waals surface area contributed by atoms with Crippen LogP contribution in [0.2, 0.25) is 0 Å². The molecule has 1 fully saturated rings. The Bertz CT molecular complexity index is 516. The molecular weight excluding hydrogens is 234 g/mol. The minimum atomic E-state index is 0.0786. The van der Waals surface area contributed by atoms with Gasteiger partial charge in [-0.05, 0) is 18.3 Å². The first-order valence-corrected chi connectivity index (χ1v) is 6.78. The van der Waals surface area contributed by atoms with Gasteiger partial charge in [-0.2, -0.15) is 0 Å². The Morgan fingerprint density at radius 1 is 1.71 bits per heavy atom. The van der Waals surface area contributed by atoms with E-state index in [0.29, 0.717) is 12.3 Å². The van der Waals surface area contributed by atoms with Crippen LogP contribution in [0.25, 0.3) is 4.96 Å². The molecule has 0 aliphatic heterocycles. The number of carbonyl (C=O) groups is 1. The highest BCUT2D eigenvalue weighted by Crippen LogP contribution is 2.36. The number of hydrogen-bond donors (Lipinski definition) is 1. The van der Waals surface area contributed by atoms with Crippen LogP contribution in [-0.4, -0.2) is 21.8 Å². The quantitative estimate of drug-likeness (QED) is 0.896. The van der Waals surface area contributed by atoms with Gasteiger partial charge in [-0.3, -0.25) is 9.20 Å². The van der Waals surface area contributed by atoms with Crippen LogP contribution >= 0.6 is 11.3 Å². The number of amides is 1. The van der Waals surface area contributed by atoms with Gasteiger partial charge in [-0.1, -0.05) is 6.92 Å². The van der Waals surface area contributed by atoms with E-state index < -0.39 is 0 Å². The smallest absolute Gasteiger partial charge is 0.226 e. The standard InChI is InChI=1S/C12H15N3OS/c1-8-4-9(8)6-13-11(16)5-10-7-15-2-3-17-12(15)14-10/h2-3,7-9H,4-6H2,1H3,(H,13,16)/t8-,9-/m0/s1. The van der Waals surface area contributed by atoms with Crippen LogP contribution in [-0.2, 0) is 11.2 Å². The van der Waals surface area contributed by atoms with Crippen molar-refractivity contribution in [2.24, 2.45) is 11.8 Å². The van der Waals surface area contributed by atoms with Gasteiger partial charge in [0, 0.05) is 24.3 Å². The normalized spacial score (nSPS) is 22.9. The molecule has 3 rings (SSSR count). The highest BCUT2D eigenvalue weighted by molar-refractivity contribution is 7.15. The van der Waals surface area contributed by atoms with Crippen LogP contribution in [0, 0.1) is 11.8 Å². The van der Waals surface area contributed by atoms with E-state index >= 15 is 0 Å². The topological polar surface area (TPSA) is 46.4 Å². The Labute approximate surface area is 104 Å². The second-order valence-corrected chi connectivity index (χ2v) is 5.65. The minimum Gasteiger partial charge on any atom is -0.355 e. The van der Waals surface area contributed by atoms with Crippen LogP contribution < -0.4 is 5.32 Å². The molecule has 2 aromatic rings. The molecule has 90 valence electrons. The molecule has 2 heterocycles. The first-order valence-electron chi connectivity index (χ1n) is 5.90. The van der Waals surface area contributed by atoms with Gasteiger partial charge in [0.25, 0.3) is 0 Å². The minimum absolute atomic E-state index is 0.0786. The molecule has 0 radical (unpaired) electrons. The molecular formula is C12H15N3OS. The molecule has 1 amide bonds. The highest BCUT2D eigenvalue weighted by atomic mass is 32.1. The molecule has 2 atom stereocenters. The van der Waals surface area contributed by atoms with E-state index in [2.05, 4.69) is 17.2 Å². The highest BCUT2D eigenvalue weighted by Gasteiger charge is 2.32. The summed E-state index contributed by atoms with van der Waals surface area (Å²) in [7, 11) is 0. The Balaban J connectivity index is 1.55. The number of rotatable bonds is 4. The lowest BCUT2D eigenvalue weighted by Crippen LogP contribution is -2.27. The van der Waals surface area contributed by atoms with Gasteiger partial charge in [0.15, 0.2) is 4.96 Å². The van der Waals surface area contributed by atoms with Crippen molar-refractivity contribution in [3.8, 4) is 0 Å². The van der Waals surface area contributed by atoms with Crippen molar-refractivity contribution in [1.29, 1.82) is 0 Å². The lowest BCUT2D eigenvalue weighted by atomic mass is 10.3. The van der Waals surface area contributed by atoms with Gasteiger partial charge >= 0.3 is 0 Å². The van der Waals surface area contributed by atoms with Crippen molar-refractivity contribution in [1.82, 2.24) is 14.7 Å². The number of fused-ring (bicyclic) bond motifs is 1. The third kappa shape index (κ3) is 2.34. The number of hydrogen-bond acceptors (Lipinski definition) is 3. The summed E-state index contributed by atoms with van der Waals surface area (Å²) in [5.41, 5.74) is 0.846. The Morgan fingerprint density at radius 2 is 2.53 bits per heavy atom. The van der Waals surface area contributed by atoms with Crippen molar-refractivity contribution in [2.75, 3.05) is 6.54 Å². The maximum absolute atomic E-state index is 11.7. The van der Waals surface area contributed by atoms with E-state index in [9.17, 15) is 4.79 Å². The van der Waals surface area contributed by atoms with Gasteiger partial charge in [0.2, 0.25) is 5.91 Å². The zero-order valence-corrected chi connectivity index (χ0v) is 10.5. The number of aromatic nitrogens is 2. The summed E-state index contributed by atoms with van der Waals surface area (Å²) in [6.07, 6.45) is 5.52. The zero-order chi connectivity index (χ0) is 11.8. The van der Waals surface area contributed by atoms with E-state index in [0.717, 1.165) is 23.1 Å². The molecule has 2 aromatic heterocycles. The van der Waals surface area contributed by atoms with Crippen molar-refractivity contribution in [2.45, 2.75) is 19.8 Å². The molecule has 4 nitrogen and oxygen atoms in total. The average Bonchev–Trinajstić information content (AvgIpc) is 2.68. The zero-order valence-electron chi connectivity index (χ0n) is 9.72. The number of nitrogens with zero attached hydrogens (tertiary/aromatic N) is 2. The van der Waals surface area contributed by atoms with E-state index in [1.807, 2.05) is 22.2 Å². The van der Waals surface area contributed by atoms with Gasteiger partial charge in [-0.25, -0.2) is 4.98 Å². The molecule has 17 heavy (non-hydrogen) atoms. The maximum atomic E-state index is 11.7. The summed E-state index contributed by atoms with van der Waals surface area (Å²) in [5, 5.41) is 4.96. The Morgan fingerprint density at radius 3 is 3.24 bits per heavy atom. The fourth-order valence-corrected chi connectivity index (χ4v) is 2.74. The van der Waals surface area contributed by atoms with Crippen LogP contribution in [0.1, 0.15) is 19.0 Å². The van der Waals surface area contributed by atoms with Crippen molar-refractivity contribution >= 4 is 22.2 Å². The van der Waals surface area contributed by atoms with Gasteiger partial charge < -0.3 is 5.32 Å². The first-order chi connectivity index (χ1) is 8.22. The first kappa shape index (κ1) is 10.8. The molecule has 5 heteroatoms. The molecule has 1 aliphatic rings. The van der Waals surface area contributed by atoms with Crippen LogP contribution in [0.3, 0.4) is 0 Å². The van der Waals surface area contributed by atoms with Gasteiger partial charge in [-0.15, -0.1) is 11.3 Å². The SMILES string of the molecule is C[C@H]1C[C@H]1CNC(=O)Cc1cn2ccsc2n1. The van der Waals surface area contributed by atoms with E-state index in [1.54, 1.807) is 11.3 Å². The predicted molar refractivity (Wildman–Crippen MR) is 67.1 cm³/mol. The molecule has 0 spiro atoms. The number of nitrogens with one attached hydrogen (secondary N) is 1. The van der Waals surface area contributed by atoms with E-state index in [4.69, 9.17) is 0 Å². The summed E-state index contributed by atoms with van der Waals surface area (Å²) < 4.78 is 1.95. The number of thiazole rings is 1.